The maximum absolute atomic E-state index is 14.6. The number of piperidine rings is 1. The van der Waals surface area contributed by atoms with E-state index in [-0.39, 0.29) is 23.4 Å². The van der Waals surface area contributed by atoms with Crippen LogP contribution in [0.15, 0.2) is 40.8 Å². The van der Waals surface area contributed by atoms with Crippen LogP contribution >= 0.6 is 0 Å². The second-order valence-corrected chi connectivity index (χ2v) is 8.22. The molecular weight excluding hydrogens is 401 g/mol. The standard InChI is InChI=1S/C23H22FN3O4/c24-18-11-14(1-5-17(18)21(28)25-16-3-4-16)15-2-6-20-19(12-15)26-22(31-20)13-7-9-27(10-8-13)23(29)30/h1-2,5-6,11-13,16H,3-4,7-10H2,(H,25,28)(H,29,30). The first-order chi connectivity index (χ1) is 15.0. The van der Waals surface area contributed by atoms with Crippen molar-refractivity contribution in [3.05, 3.63) is 53.7 Å². The van der Waals surface area contributed by atoms with E-state index in [1.165, 1.54) is 17.0 Å². The lowest BCUT2D eigenvalue weighted by atomic mass is 9.97. The van der Waals surface area contributed by atoms with Gasteiger partial charge in [-0.3, -0.25) is 4.79 Å². The normalized spacial score (nSPS) is 17.1. The number of carbonyl (C=O) groups excluding carboxylic acids is 1. The van der Waals surface area contributed by atoms with Crippen molar-refractivity contribution in [1.82, 2.24) is 15.2 Å². The maximum atomic E-state index is 14.6. The second kappa shape index (κ2) is 7.68. The fourth-order valence-electron chi connectivity index (χ4n) is 3.99. The van der Waals surface area contributed by atoms with Gasteiger partial charge in [-0.25, -0.2) is 14.2 Å². The largest absolute Gasteiger partial charge is 0.465 e. The number of oxazole rings is 1. The summed E-state index contributed by atoms with van der Waals surface area (Å²) in [6, 6.07) is 10.3. The molecule has 3 aromatic rings. The fourth-order valence-corrected chi connectivity index (χ4v) is 3.99. The van der Waals surface area contributed by atoms with Crippen molar-refractivity contribution in [2.45, 2.75) is 37.6 Å². The van der Waals surface area contributed by atoms with Gasteiger partial charge < -0.3 is 19.7 Å². The first-order valence-corrected chi connectivity index (χ1v) is 10.5. The third-order valence-electron chi connectivity index (χ3n) is 5.98. The van der Waals surface area contributed by atoms with Crippen LogP contribution in [0, 0.1) is 5.82 Å². The molecule has 1 saturated heterocycles. The molecule has 1 aliphatic carbocycles. The van der Waals surface area contributed by atoms with Crippen molar-refractivity contribution in [3.63, 3.8) is 0 Å². The summed E-state index contributed by atoms with van der Waals surface area (Å²) < 4.78 is 20.5. The molecule has 2 fully saturated rings. The Labute approximate surface area is 177 Å². The summed E-state index contributed by atoms with van der Waals surface area (Å²) in [5.41, 5.74) is 2.79. The van der Waals surface area contributed by atoms with E-state index >= 15 is 0 Å². The lowest BCUT2D eigenvalue weighted by Gasteiger charge is -2.28. The van der Waals surface area contributed by atoms with Crippen molar-refractivity contribution in [2.24, 2.45) is 0 Å². The molecule has 1 aromatic heterocycles. The number of rotatable bonds is 4. The number of nitrogens with one attached hydrogen (secondary N) is 1. The van der Waals surface area contributed by atoms with Crippen LogP contribution in [0.25, 0.3) is 22.2 Å². The third kappa shape index (κ3) is 3.97. The van der Waals surface area contributed by atoms with Gasteiger partial charge in [-0.1, -0.05) is 12.1 Å². The topological polar surface area (TPSA) is 95.7 Å². The summed E-state index contributed by atoms with van der Waals surface area (Å²) in [6.07, 6.45) is 2.33. The maximum Gasteiger partial charge on any atom is 0.407 e. The molecule has 0 radical (unpaired) electrons. The van der Waals surface area contributed by atoms with Crippen molar-refractivity contribution >= 4 is 23.1 Å². The fraction of sp³-hybridized carbons (Fsp3) is 0.348. The molecule has 0 unspecified atom stereocenters. The number of amides is 2. The predicted octanol–water partition coefficient (Wildman–Crippen LogP) is 4.38. The van der Waals surface area contributed by atoms with Gasteiger partial charge in [0.15, 0.2) is 11.5 Å². The SMILES string of the molecule is O=C(NC1CC1)c1ccc(-c2ccc3oc(C4CCN(C(=O)O)CC4)nc3c2)cc1F. The van der Waals surface area contributed by atoms with Crippen LogP contribution in [0.4, 0.5) is 9.18 Å². The molecule has 2 heterocycles. The molecule has 160 valence electrons. The van der Waals surface area contributed by atoms with Crippen LogP contribution < -0.4 is 5.32 Å². The number of likely N-dealkylation sites (tertiary alicyclic amines) is 1. The highest BCUT2D eigenvalue weighted by atomic mass is 19.1. The molecule has 1 aliphatic heterocycles. The summed E-state index contributed by atoms with van der Waals surface area (Å²) in [5.74, 6) is -0.248. The number of hydrogen-bond acceptors (Lipinski definition) is 4. The number of carbonyl (C=O) groups is 2. The zero-order valence-corrected chi connectivity index (χ0v) is 16.8. The highest BCUT2D eigenvalue weighted by molar-refractivity contribution is 5.95. The zero-order valence-electron chi connectivity index (χ0n) is 16.8. The van der Waals surface area contributed by atoms with Crippen molar-refractivity contribution in [1.29, 1.82) is 0 Å². The summed E-state index contributed by atoms with van der Waals surface area (Å²) in [6.45, 7) is 0.924. The lowest BCUT2D eigenvalue weighted by molar-refractivity contribution is 0.0947. The van der Waals surface area contributed by atoms with E-state index in [1.54, 1.807) is 12.1 Å². The van der Waals surface area contributed by atoms with Gasteiger partial charge in [-0.05, 0) is 61.1 Å². The number of carboxylic acid groups (broad SMARTS) is 1. The second-order valence-electron chi connectivity index (χ2n) is 8.22. The molecular formula is C23H22FN3O4. The molecule has 5 rings (SSSR count). The highest BCUT2D eigenvalue weighted by Crippen LogP contribution is 2.32. The molecule has 7 nitrogen and oxygen atoms in total. The van der Waals surface area contributed by atoms with Crippen LogP contribution in [0.1, 0.15) is 47.8 Å². The molecule has 2 aromatic carbocycles. The third-order valence-corrected chi connectivity index (χ3v) is 5.98. The van der Waals surface area contributed by atoms with Gasteiger partial charge >= 0.3 is 6.09 Å². The van der Waals surface area contributed by atoms with E-state index in [9.17, 15) is 14.0 Å². The highest BCUT2D eigenvalue weighted by Gasteiger charge is 2.27. The average Bonchev–Trinajstić information content (AvgIpc) is 3.47. The zero-order chi connectivity index (χ0) is 21.5. The van der Waals surface area contributed by atoms with Gasteiger partial charge in [0.05, 0.1) is 5.56 Å². The van der Waals surface area contributed by atoms with Crippen LogP contribution in [-0.2, 0) is 0 Å². The van der Waals surface area contributed by atoms with Crippen molar-refractivity contribution in [2.75, 3.05) is 13.1 Å². The van der Waals surface area contributed by atoms with Crippen molar-refractivity contribution < 1.29 is 23.5 Å². The Hall–Kier alpha value is -3.42. The number of hydrogen-bond donors (Lipinski definition) is 2. The van der Waals surface area contributed by atoms with Gasteiger partial charge in [0.25, 0.3) is 5.91 Å². The lowest BCUT2D eigenvalue weighted by Crippen LogP contribution is -2.36. The number of aromatic nitrogens is 1. The van der Waals surface area contributed by atoms with Gasteiger partial charge in [0.1, 0.15) is 11.3 Å². The minimum absolute atomic E-state index is 0.0492. The first kappa shape index (κ1) is 19.5. The Morgan fingerprint density at radius 3 is 2.45 bits per heavy atom. The van der Waals surface area contributed by atoms with E-state index < -0.39 is 11.9 Å². The van der Waals surface area contributed by atoms with Crippen LogP contribution in [0.3, 0.4) is 0 Å². The van der Waals surface area contributed by atoms with E-state index in [0.717, 1.165) is 18.4 Å². The van der Waals surface area contributed by atoms with E-state index in [1.807, 2.05) is 12.1 Å². The molecule has 0 spiro atoms. The minimum atomic E-state index is -0.899. The number of fused-ring (bicyclic) bond motifs is 1. The quantitative estimate of drug-likeness (QED) is 0.649. The summed E-state index contributed by atoms with van der Waals surface area (Å²) in [7, 11) is 0. The Bertz CT molecular complexity index is 1160. The molecule has 2 aliphatic rings. The van der Waals surface area contributed by atoms with Gasteiger partial charge in [-0.15, -0.1) is 0 Å². The van der Waals surface area contributed by atoms with Crippen LogP contribution in [-0.4, -0.2) is 46.1 Å². The number of halogens is 1. The molecule has 2 amide bonds. The smallest absolute Gasteiger partial charge is 0.407 e. The van der Waals surface area contributed by atoms with Gasteiger partial charge in [0.2, 0.25) is 0 Å². The molecule has 0 bridgehead atoms. The first-order valence-electron chi connectivity index (χ1n) is 10.5. The van der Waals surface area contributed by atoms with Crippen LogP contribution in [0.5, 0.6) is 0 Å². The van der Waals surface area contributed by atoms with E-state index in [4.69, 9.17) is 9.52 Å². The van der Waals surface area contributed by atoms with Gasteiger partial charge in [0, 0.05) is 25.0 Å². The molecule has 0 atom stereocenters. The summed E-state index contributed by atoms with van der Waals surface area (Å²) in [5, 5.41) is 11.9. The van der Waals surface area contributed by atoms with E-state index in [0.29, 0.717) is 48.5 Å². The minimum Gasteiger partial charge on any atom is -0.465 e. The van der Waals surface area contributed by atoms with Gasteiger partial charge in [-0.2, -0.15) is 0 Å². The van der Waals surface area contributed by atoms with E-state index in [2.05, 4.69) is 10.3 Å². The summed E-state index contributed by atoms with van der Waals surface area (Å²) >= 11 is 0. The molecule has 8 heteroatoms. The Balaban J connectivity index is 1.36. The Morgan fingerprint density at radius 1 is 1.06 bits per heavy atom. The summed E-state index contributed by atoms with van der Waals surface area (Å²) in [4.78, 5) is 29.2. The van der Waals surface area contributed by atoms with Crippen molar-refractivity contribution in [3.8, 4) is 11.1 Å². The average molecular weight is 423 g/mol. The molecule has 1 saturated carbocycles. The Morgan fingerprint density at radius 2 is 1.77 bits per heavy atom. The molecule has 31 heavy (non-hydrogen) atoms. The number of benzene rings is 2. The number of nitrogens with zero attached hydrogens (tertiary/aromatic N) is 2. The molecule has 2 N–H and O–H groups in total. The monoisotopic (exact) mass is 423 g/mol. The Kier molecular flexibility index (Phi) is 4.84. The van der Waals surface area contributed by atoms with Crippen LogP contribution in [0.2, 0.25) is 0 Å². The predicted molar refractivity (Wildman–Crippen MR) is 111 cm³/mol.